The Morgan fingerprint density at radius 2 is 2.05 bits per heavy atom. The summed E-state index contributed by atoms with van der Waals surface area (Å²) in [7, 11) is 0. The summed E-state index contributed by atoms with van der Waals surface area (Å²) in [6.07, 6.45) is 5.96. The van der Waals surface area contributed by atoms with Crippen LogP contribution in [-0.2, 0) is 5.41 Å². The van der Waals surface area contributed by atoms with Crippen LogP contribution in [0.15, 0.2) is 55.3 Å². The molecule has 3 rings (SSSR count). The second-order valence-corrected chi connectivity index (χ2v) is 6.64. The lowest BCUT2D eigenvalue weighted by Crippen LogP contribution is -2.27. The third kappa shape index (κ3) is 2.54. The molecule has 106 valence electrons. The molecule has 0 saturated heterocycles. The molecule has 0 radical (unpaired) electrons. The topological polar surface area (TPSA) is 3.24 Å². The minimum atomic E-state index is 0.366. The van der Waals surface area contributed by atoms with Crippen molar-refractivity contribution >= 4 is 0 Å². The highest BCUT2D eigenvalue weighted by molar-refractivity contribution is 5.32. The van der Waals surface area contributed by atoms with E-state index in [1.165, 1.54) is 30.5 Å². The Morgan fingerprint density at radius 1 is 1.35 bits per heavy atom. The summed E-state index contributed by atoms with van der Waals surface area (Å²) < 4.78 is 0. The maximum atomic E-state index is 4.32. The zero-order chi connectivity index (χ0) is 14.2. The van der Waals surface area contributed by atoms with Crippen molar-refractivity contribution in [3.8, 4) is 0 Å². The van der Waals surface area contributed by atoms with E-state index in [-0.39, 0.29) is 0 Å². The van der Waals surface area contributed by atoms with Crippen LogP contribution in [0.4, 0.5) is 0 Å². The van der Waals surface area contributed by atoms with Crippen LogP contribution in [-0.4, -0.2) is 18.0 Å². The first kappa shape index (κ1) is 13.5. The van der Waals surface area contributed by atoms with Gasteiger partial charge in [-0.15, -0.1) is 6.58 Å². The zero-order valence-electron chi connectivity index (χ0n) is 12.5. The average Bonchev–Trinajstić information content (AvgIpc) is 3.36. The van der Waals surface area contributed by atoms with Crippen molar-refractivity contribution < 1.29 is 0 Å². The molecular weight excluding hydrogens is 242 g/mol. The highest BCUT2D eigenvalue weighted by Gasteiger charge is 2.51. The quantitative estimate of drug-likeness (QED) is 0.663. The van der Waals surface area contributed by atoms with E-state index < -0.39 is 0 Å². The summed E-state index contributed by atoms with van der Waals surface area (Å²) >= 11 is 0. The lowest BCUT2D eigenvalue weighted by Gasteiger charge is -2.27. The van der Waals surface area contributed by atoms with E-state index >= 15 is 0 Å². The van der Waals surface area contributed by atoms with Crippen molar-refractivity contribution in [2.45, 2.75) is 31.6 Å². The van der Waals surface area contributed by atoms with Crippen molar-refractivity contribution in [1.82, 2.24) is 4.90 Å². The molecule has 0 aromatic heterocycles. The third-order valence-electron chi connectivity index (χ3n) is 5.09. The first-order valence-electron chi connectivity index (χ1n) is 7.75. The lowest BCUT2D eigenvalue weighted by molar-refractivity contribution is 0.335. The van der Waals surface area contributed by atoms with Crippen molar-refractivity contribution in [1.29, 1.82) is 0 Å². The van der Waals surface area contributed by atoms with E-state index in [1.54, 1.807) is 0 Å². The highest BCUT2D eigenvalue weighted by atomic mass is 15.1. The Hall–Kier alpha value is -1.50. The van der Waals surface area contributed by atoms with E-state index in [9.17, 15) is 0 Å². The van der Waals surface area contributed by atoms with Gasteiger partial charge in [-0.3, -0.25) is 0 Å². The molecule has 0 aliphatic heterocycles. The van der Waals surface area contributed by atoms with Crippen LogP contribution in [0.3, 0.4) is 0 Å². The number of benzene rings is 1. The molecule has 2 atom stereocenters. The first-order valence-corrected chi connectivity index (χ1v) is 7.75. The van der Waals surface area contributed by atoms with Gasteiger partial charge in [0, 0.05) is 18.8 Å². The fourth-order valence-corrected chi connectivity index (χ4v) is 3.30. The van der Waals surface area contributed by atoms with Crippen LogP contribution in [0, 0.1) is 11.8 Å². The van der Waals surface area contributed by atoms with Crippen LogP contribution in [0.2, 0.25) is 0 Å². The largest absolute Gasteiger partial charge is 0.371 e. The molecule has 0 heterocycles. The van der Waals surface area contributed by atoms with Gasteiger partial charge in [-0.1, -0.05) is 49.9 Å². The fraction of sp³-hybridized carbons (Fsp3) is 0.474. The summed E-state index contributed by atoms with van der Waals surface area (Å²) in [5.41, 5.74) is 3.19. The minimum Gasteiger partial charge on any atom is -0.371 e. The van der Waals surface area contributed by atoms with Crippen LogP contribution in [0.5, 0.6) is 0 Å². The van der Waals surface area contributed by atoms with Crippen LogP contribution >= 0.6 is 0 Å². The molecule has 1 aromatic carbocycles. The van der Waals surface area contributed by atoms with E-state index in [1.807, 2.05) is 6.08 Å². The third-order valence-corrected chi connectivity index (χ3v) is 5.09. The Morgan fingerprint density at radius 3 is 2.65 bits per heavy atom. The summed E-state index contributed by atoms with van der Waals surface area (Å²) in [6.45, 7) is 12.7. The van der Waals surface area contributed by atoms with E-state index in [0.29, 0.717) is 5.41 Å². The van der Waals surface area contributed by atoms with Gasteiger partial charge in [0.25, 0.3) is 0 Å². The molecule has 0 spiro atoms. The molecule has 1 heteroatoms. The van der Waals surface area contributed by atoms with E-state index in [0.717, 1.165) is 24.9 Å². The number of allylic oxidation sites excluding steroid dienone is 1. The van der Waals surface area contributed by atoms with Gasteiger partial charge in [0.2, 0.25) is 0 Å². The van der Waals surface area contributed by atoms with Gasteiger partial charge in [0.05, 0.1) is 0 Å². The normalized spacial score (nSPS) is 27.9. The molecule has 2 aliphatic rings. The van der Waals surface area contributed by atoms with Crippen LogP contribution in [0.25, 0.3) is 0 Å². The Labute approximate surface area is 123 Å². The Balaban J connectivity index is 1.65. The predicted octanol–water partition coefficient (Wildman–Crippen LogP) is 4.38. The molecule has 0 amide bonds. The van der Waals surface area contributed by atoms with Crippen molar-refractivity contribution in [2.24, 2.45) is 11.8 Å². The zero-order valence-corrected chi connectivity index (χ0v) is 12.5. The number of nitrogens with zero attached hydrogens (tertiary/aromatic N) is 1. The van der Waals surface area contributed by atoms with Crippen molar-refractivity contribution in [2.75, 3.05) is 13.1 Å². The van der Waals surface area contributed by atoms with Gasteiger partial charge in [0.15, 0.2) is 0 Å². The minimum absolute atomic E-state index is 0.366. The number of hydrogen-bond acceptors (Lipinski definition) is 1. The first-order chi connectivity index (χ1) is 9.65. The summed E-state index contributed by atoms with van der Waals surface area (Å²) in [6, 6.07) is 10.9. The van der Waals surface area contributed by atoms with Crippen LogP contribution < -0.4 is 0 Å². The smallest absolute Gasteiger partial charge is 0.0353 e. The molecule has 2 unspecified atom stereocenters. The van der Waals surface area contributed by atoms with Crippen molar-refractivity contribution in [3.63, 3.8) is 0 Å². The lowest BCUT2D eigenvalue weighted by atomic mass is 9.95. The van der Waals surface area contributed by atoms with Gasteiger partial charge in [0.1, 0.15) is 0 Å². The molecule has 2 saturated carbocycles. The van der Waals surface area contributed by atoms with E-state index in [4.69, 9.17) is 0 Å². The monoisotopic (exact) mass is 267 g/mol. The molecule has 0 N–H and O–H groups in total. The molecule has 2 fully saturated rings. The fourth-order valence-electron chi connectivity index (χ4n) is 3.30. The van der Waals surface area contributed by atoms with Gasteiger partial charge < -0.3 is 4.90 Å². The predicted molar refractivity (Wildman–Crippen MR) is 85.5 cm³/mol. The molecule has 0 bridgehead atoms. The maximum Gasteiger partial charge on any atom is 0.0353 e. The molecule has 1 nitrogen and oxygen atoms in total. The molecule has 1 aromatic rings. The standard InChI is InChI=1S/C19H25N/c1-4-12-20(15(2)16-10-11-16)14-18-13-19(18,3)17-8-6-5-7-9-17/h4-9,16,18H,1-2,10-14H2,3H3. The SMILES string of the molecule is C=CCN(CC1CC1(C)c1ccccc1)C(=C)C1CC1. The van der Waals surface area contributed by atoms with Crippen molar-refractivity contribution in [3.05, 3.63) is 60.8 Å². The summed E-state index contributed by atoms with van der Waals surface area (Å²) in [5.74, 6) is 1.50. The number of rotatable bonds is 7. The number of hydrogen-bond donors (Lipinski definition) is 0. The summed E-state index contributed by atoms with van der Waals surface area (Å²) in [5, 5.41) is 0. The second-order valence-electron chi connectivity index (χ2n) is 6.64. The van der Waals surface area contributed by atoms with Gasteiger partial charge in [-0.2, -0.15) is 0 Å². The highest BCUT2D eigenvalue weighted by Crippen LogP contribution is 2.54. The Kier molecular flexibility index (Phi) is 3.45. The molecule has 20 heavy (non-hydrogen) atoms. The molecule has 2 aliphatic carbocycles. The summed E-state index contributed by atoms with van der Waals surface area (Å²) in [4.78, 5) is 2.46. The van der Waals surface area contributed by atoms with Gasteiger partial charge in [-0.05, 0) is 42.1 Å². The molecular formula is C19H25N. The maximum absolute atomic E-state index is 4.32. The average molecular weight is 267 g/mol. The van der Waals surface area contributed by atoms with Gasteiger partial charge in [-0.25, -0.2) is 0 Å². The Bertz CT molecular complexity index is 500. The van der Waals surface area contributed by atoms with E-state index in [2.05, 4.69) is 55.3 Å². The second kappa shape index (κ2) is 5.12. The van der Waals surface area contributed by atoms with Gasteiger partial charge >= 0.3 is 0 Å². The van der Waals surface area contributed by atoms with Crippen LogP contribution in [0.1, 0.15) is 31.7 Å².